The molecule has 4 nitrogen and oxygen atoms in total. The minimum Gasteiger partial charge on any atom is -0.330 e. The molecule has 0 amide bonds. The topological polar surface area (TPSA) is 90.1 Å². The number of hydrogen-bond acceptors (Lipinski definition) is 4. The summed E-state index contributed by atoms with van der Waals surface area (Å²) in [5, 5.41) is 3.47. The number of nitrogens with two attached hydrogens (primary N) is 3. The summed E-state index contributed by atoms with van der Waals surface area (Å²) >= 11 is 0. The van der Waals surface area contributed by atoms with E-state index in [4.69, 9.17) is 17.2 Å². The molecule has 0 fully saturated rings. The number of rotatable bonds is 20. The molecule has 0 radical (unpaired) electrons. The largest absolute Gasteiger partial charge is 0.330 e. The number of nitrogens with one attached hydrogen (secondary N) is 1. The summed E-state index contributed by atoms with van der Waals surface area (Å²) in [5.74, 6) is 0. The number of hydrogen-bond donors (Lipinski definition) is 4. The molecule has 0 spiro atoms. The Morgan fingerprint density at radius 3 is 1.33 bits per heavy atom. The van der Waals surface area contributed by atoms with Crippen LogP contribution in [0.4, 0.5) is 0 Å². The van der Waals surface area contributed by atoms with Crippen LogP contribution in [-0.2, 0) is 0 Å². The fourth-order valence-electron chi connectivity index (χ4n) is 3.11. The Kier molecular flexibility index (Phi) is 20.7. The molecule has 0 heterocycles. The van der Waals surface area contributed by atoms with E-state index >= 15 is 0 Å². The van der Waals surface area contributed by atoms with Gasteiger partial charge in [0.05, 0.1) is 6.17 Å². The summed E-state index contributed by atoms with van der Waals surface area (Å²) in [5.41, 5.74) is 17.1. The summed E-state index contributed by atoms with van der Waals surface area (Å²) < 4.78 is 0. The van der Waals surface area contributed by atoms with Crippen LogP contribution in [0, 0.1) is 0 Å². The molecule has 0 saturated heterocycles. The molecule has 0 aliphatic rings. The lowest BCUT2D eigenvalue weighted by Crippen LogP contribution is -2.37. The van der Waals surface area contributed by atoms with E-state index in [1.54, 1.807) is 0 Å². The van der Waals surface area contributed by atoms with Crippen molar-refractivity contribution >= 4 is 0 Å². The molecule has 0 aromatic carbocycles. The van der Waals surface area contributed by atoms with Gasteiger partial charge in [-0.05, 0) is 45.3 Å². The molecule has 1 unspecified atom stereocenters. The van der Waals surface area contributed by atoms with Gasteiger partial charge in [-0.25, -0.2) is 0 Å². The maximum absolute atomic E-state index is 6.13. The van der Waals surface area contributed by atoms with Crippen LogP contribution in [0.25, 0.3) is 0 Å². The molecule has 7 N–H and O–H groups in total. The lowest BCUT2D eigenvalue weighted by molar-refractivity contribution is 0.450. The molecule has 146 valence electrons. The SMILES string of the molecule is NCCCCCCCCCCNC(N)CCCCCCCCCN. The maximum atomic E-state index is 6.13. The highest BCUT2D eigenvalue weighted by molar-refractivity contribution is 4.60. The summed E-state index contributed by atoms with van der Waals surface area (Å²) in [7, 11) is 0. The van der Waals surface area contributed by atoms with Crippen molar-refractivity contribution in [3.05, 3.63) is 0 Å². The van der Waals surface area contributed by atoms with Crippen LogP contribution in [-0.4, -0.2) is 25.8 Å². The molecule has 0 aliphatic carbocycles. The second-order valence-electron chi connectivity index (χ2n) is 7.23. The van der Waals surface area contributed by atoms with Gasteiger partial charge in [0.1, 0.15) is 0 Å². The normalized spacial score (nSPS) is 12.6. The first-order valence-corrected chi connectivity index (χ1v) is 10.7. The second-order valence-corrected chi connectivity index (χ2v) is 7.23. The first-order chi connectivity index (χ1) is 11.8. The fourth-order valence-corrected chi connectivity index (χ4v) is 3.11. The first kappa shape index (κ1) is 23.8. The lowest BCUT2D eigenvalue weighted by atomic mass is 10.1. The third kappa shape index (κ3) is 19.9. The highest BCUT2D eigenvalue weighted by atomic mass is 15.0. The highest BCUT2D eigenvalue weighted by Crippen LogP contribution is 2.09. The quantitative estimate of drug-likeness (QED) is 0.199. The van der Waals surface area contributed by atoms with Gasteiger partial charge in [-0.2, -0.15) is 0 Å². The third-order valence-corrected chi connectivity index (χ3v) is 4.76. The van der Waals surface area contributed by atoms with E-state index in [1.165, 1.54) is 96.3 Å². The number of unbranched alkanes of at least 4 members (excludes halogenated alkanes) is 13. The Morgan fingerprint density at radius 2 is 0.875 bits per heavy atom. The molecule has 0 aliphatic heterocycles. The smallest absolute Gasteiger partial charge is 0.0546 e. The van der Waals surface area contributed by atoms with Gasteiger partial charge in [0.2, 0.25) is 0 Å². The van der Waals surface area contributed by atoms with Crippen LogP contribution in [0.15, 0.2) is 0 Å². The van der Waals surface area contributed by atoms with Crippen molar-refractivity contribution in [2.45, 2.75) is 109 Å². The predicted molar refractivity (Wildman–Crippen MR) is 108 cm³/mol. The van der Waals surface area contributed by atoms with E-state index in [0.29, 0.717) is 0 Å². The summed E-state index contributed by atoms with van der Waals surface area (Å²) in [4.78, 5) is 0. The van der Waals surface area contributed by atoms with E-state index < -0.39 is 0 Å². The van der Waals surface area contributed by atoms with E-state index in [0.717, 1.165) is 26.1 Å². The molecule has 0 saturated carbocycles. The van der Waals surface area contributed by atoms with Crippen LogP contribution in [0.5, 0.6) is 0 Å². The highest BCUT2D eigenvalue weighted by Gasteiger charge is 2.01. The average Bonchev–Trinajstić information content (AvgIpc) is 2.59. The van der Waals surface area contributed by atoms with E-state index in [-0.39, 0.29) is 6.17 Å². The van der Waals surface area contributed by atoms with Gasteiger partial charge in [0.15, 0.2) is 0 Å². The molecule has 0 aromatic heterocycles. The monoisotopic (exact) mass is 342 g/mol. The summed E-state index contributed by atoms with van der Waals surface area (Å²) in [6.45, 7) is 2.77. The van der Waals surface area contributed by atoms with E-state index in [1.807, 2.05) is 0 Å². The molecule has 4 heteroatoms. The van der Waals surface area contributed by atoms with Crippen molar-refractivity contribution < 1.29 is 0 Å². The van der Waals surface area contributed by atoms with Gasteiger partial charge in [-0.3, -0.25) is 0 Å². The van der Waals surface area contributed by atoms with Crippen LogP contribution in [0.3, 0.4) is 0 Å². The zero-order valence-electron chi connectivity index (χ0n) is 16.2. The lowest BCUT2D eigenvalue weighted by Gasteiger charge is -2.13. The Balaban J connectivity index is 3.11. The van der Waals surface area contributed by atoms with E-state index in [9.17, 15) is 0 Å². The van der Waals surface area contributed by atoms with Crippen molar-refractivity contribution in [1.29, 1.82) is 0 Å². The van der Waals surface area contributed by atoms with Crippen molar-refractivity contribution in [2.24, 2.45) is 17.2 Å². The fraction of sp³-hybridized carbons (Fsp3) is 1.00. The van der Waals surface area contributed by atoms with Crippen LogP contribution < -0.4 is 22.5 Å². The second kappa shape index (κ2) is 20.9. The average molecular weight is 343 g/mol. The minimum atomic E-state index is 0.193. The Bertz CT molecular complexity index is 224. The van der Waals surface area contributed by atoms with Gasteiger partial charge in [-0.1, -0.05) is 77.0 Å². The molecule has 0 rings (SSSR count). The van der Waals surface area contributed by atoms with Gasteiger partial charge >= 0.3 is 0 Å². The van der Waals surface area contributed by atoms with Crippen molar-refractivity contribution in [2.75, 3.05) is 19.6 Å². The van der Waals surface area contributed by atoms with Crippen molar-refractivity contribution in [1.82, 2.24) is 5.32 Å². The molecular formula is C20H46N4. The standard InChI is InChI=1S/C20H46N4/c21-17-13-9-5-1-2-7-11-15-19-24-20(23)16-12-8-4-3-6-10-14-18-22/h20,24H,1-19,21-23H2. The Labute approximate surface area is 151 Å². The zero-order chi connectivity index (χ0) is 17.7. The van der Waals surface area contributed by atoms with Crippen LogP contribution in [0.2, 0.25) is 0 Å². The zero-order valence-corrected chi connectivity index (χ0v) is 16.2. The van der Waals surface area contributed by atoms with Gasteiger partial charge < -0.3 is 22.5 Å². The molecule has 0 aromatic rings. The third-order valence-electron chi connectivity index (χ3n) is 4.76. The molecule has 1 atom stereocenters. The van der Waals surface area contributed by atoms with E-state index in [2.05, 4.69) is 5.32 Å². The van der Waals surface area contributed by atoms with Gasteiger partial charge in [0, 0.05) is 0 Å². The molecule has 0 bridgehead atoms. The Morgan fingerprint density at radius 1 is 0.500 bits per heavy atom. The summed E-state index contributed by atoms with van der Waals surface area (Å²) in [6, 6.07) is 0. The van der Waals surface area contributed by atoms with Gasteiger partial charge in [0.25, 0.3) is 0 Å². The maximum Gasteiger partial charge on any atom is 0.0546 e. The molecular weight excluding hydrogens is 296 g/mol. The summed E-state index contributed by atoms with van der Waals surface area (Å²) in [6.07, 6.45) is 21.0. The van der Waals surface area contributed by atoms with Crippen LogP contribution >= 0.6 is 0 Å². The predicted octanol–water partition coefficient (Wildman–Crippen LogP) is 4.02. The van der Waals surface area contributed by atoms with Crippen molar-refractivity contribution in [3.8, 4) is 0 Å². The van der Waals surface area contributed by atoms with Gasteiger partial charge in [-0.15, -0.1) is 0 Å². The first-order valence-electron chi connectivity index (χ1n) is 10.7. The molecule has 24 heavy (non-hydrogen) atoms. The Hall–Kier alpha value is -0.160. The van der Waals surface area contributed by atoms with Crippen molar-refractivity contribution in [3.63, 3.8) is 0 Å². The van der Waals surface area contributed by atoms with Crippen LogP contribution in [0.1, 0.15) is 103 Å². The minimum absolute atomic E-state index is 0.193.